The number of guanidine groups is 1. The molecule has 3 rings (SSSR count). The average molecular weight is 460 g/mol. The van der Waals surface area contributed by atoms with Crippen molar-refractivity contribution in [1.82, 2.24) is 20.2 Å². The summed E-state index contributed by atoms with van der Waals surface area (Å²) in [6.45, 7) is 7.24. The molecule has 1 saturated carbocycles. The molecule has 8 heteroatoms. The fourth-order valence-electron chi connectivity index (χ4n) is 3.43. The molecule has 2 atom stereocenters. The van der Waals surface area contributed by atoms with Crippen molar-refractivity contribution in [2.75, 3.05) is 44.2 Å². The predicted octanol–water partition coefficient (Wildman–Crippen LogP) is 1.34. The Hall–Kier alpha value is -1.16. The molecule has 0 spiro atoms. The summed E-state index contributed by atoms with van der Waals surface area (Å²) in [6.07, 6.45) is 6.52. The third-order valence-electron chi connectivity index (χ3n) is 4.84. The van der Waals surface area contributed by atoms with Crippen molar-refractivity contribution in [3.8, 4) is 0 Å². The lowest BCUT2D eigenvalue weighted by Crippen LogP contribution is -2.53. The van der Waals surface area contributed by atoms with Gasteiger partial charge in [-0.05, 0) is 25.8 Å². The van der Waals surface area contributed by atoms with Gasteiger partial charge in [-0.1, -0.05) is 6.42 Å². The van der Waals surface area contributed by atoms with E-state index in [2.05, 4.69) is 32.0 Å². The smallest absolute Gasteiger partial charge is 0.225 e. The molecule has 2 unspecified atom stereocenters. The first-order valence-electron chi connectivity index (χ1n) is 9.01. The van der Waals surface area contributed by atoms with Crippen molar-refractivity contribution in [3.05, 3.63) is 18.5 Å². The zero-order chi connectivity index (χ0) is 16.8. The lowest BCUT2D eigenvalue weighted by Gasteiger charge is -2.36. The Morgan fingerprint density at radius 1 is 1.24 bits per heavy atom. The molecule has 0 bridgehead atoms. The second kappa shape index (κ2) is 10.1. The van der Waals surface area contributed by atoms with E-state index in [-0.39, 0.29) is 30.1 Å². The van der Waals surface area contributed by atoms with Crippen LogP contribution in [0.2, 0.25) is 0 Å². The number of halogens is 1. The summed E-state index contributed by atoms with van der Waals surface area (Å²) < 4.78 is 0. The molecule has 0 aromatic carbocycles. The first-order chi connectivity index (χ1) is 11.8. The Balaban J connectivity index is 0.00000225. The van der Waals surface area contributed by atoms with Gasteiger partial charge in [0.25, 0.3) is 0 Å². The van der Waals surface area contributed by atoms with E-state index < -0.39 is 0 Å². The van der Waals surface area contributed by atoms with Crippen molar-refractivity contribution >= 4 is 35.9 Å². The highest BCUT2D eigenvalue weighted by atomic mass is 127. The maximum absolute atomic E-state index is 9.98. The number of nitrogens with zero attached hydrogens (tertiary/aromatic N) is 5. The monoisotopic (exact) mass is 460 g/mol. The van der Waals surface area contributed by atoms with E-state index in [1.165, 1.54) is 0 Å². The number of hydrogen-bond donors (Lipinski definition) is 2. The van der Waals surface area contributed by atoms with Crippen molar-refractivity contribution in [1.29, 1.82) is 0 Å². The number of aliphatic imine (C=N–C) groups is 1. The van der Waals surface area contributed by atoms with E-state index in [1.54, 1.807) is 12.4 Å². The van der Waals surface area contributed by atoms with E-state index in [1.807, 2.05) is 6.07 Å². The number of aliphatic hydroxyl groups is 1. The van der Waals surface area contributed by atoms with Crippen molar-refractivity contribution in [2.24, 2.45) is 10.9 Å². The Bertz CT molecular complexity index is 535. The van der Waals surface area contributed by atoms with E-state index in [9.17, 15) is 5.11 Å². The van der Waals surface area contributed by atoms with Gasteiger partial charge in [-0.2, -0.15) is 0 Å². The zero-order valence-electron chi connectivity index (χ0n) is 14.8. The van der Waals surface area contributed by atoms with E-state index in [0.29, 0.717) is 12.5 Å². The number of aromatic nitrogens is 2. The van der Waals surface area contributed by atoms with E-state index in [4.69, 9.17) is 4.99 Å². The molecule has 1 saturated heterocycles. The van der Waals surface area contributed by atoms with Crippen LogP contribution in [-0.4, -0.2) is 71.3 Å². The molecule has 1 aliphatic carbocycles. The summed E-state index contributed by atoms with van der Waals surface area (Å²) in [5, 5.41) is 13.4. The summed E-state index contributed by atoms with van der Waals surface area (Å²) in [5.74, 6) is 2.08. The van der Waals surface area contributed by atoms with Crippen molar-refractivity contribution < 1.29 is 5.11 Å². The molecular weight excluding hydrogens is 431 g/mol. The third-order valence-corrected chi connectivity index (χ3v) is 4.84. The third kappa shape index (κ3) is 5.40. The molecule has 1 aromatic rings. The zero-order valence-corrected chi connectivity index (χ0v) is 17.2. The SMILES string of the molecule is CCNC(=NCC1CCCC1O)N1CCN(c2ncccn2)CC1.I. The quantitative estimate of drug-likeness (QED) is 0.402. The second-order valence-electron chi connectivity index (χ2n) is 6.48. The second-order valence-corrected chi connectivity index (χ2v) is 6.48. The van der Waals surface area contributed by atoms with Crippen LogP contribution in [-0.2, 0) is 0 Å². The van der Waals surface area contributed by atoms with Gasteiger partial charge in [0.15, 0.2) is 5.96 Å². The minimum absolute atomic E-state index is 0. The number of hydrogen-bond acceptors (Lipinski definition) is 5. The molecule has 1 aliphatic heterocycles. The first-order valence-corrected chi connectivity index (χ1v) is 9.01. The highest BCUT2D eigenvalue weighted by Crippen LogP contribution is 2.25. The lowest BCUT2D eigenvalue weighted by atomic mass is 10.1. The van der Waals surface area contributed by atoms with E-state index >= 15 is 0 Å². The Morgan fingerprint density at radius 2 is 1.96 bits per heavy atom. The molecule has 7 nitrogen and oxygen atoms in total. The highest BCUT2D eigenvalue weighted by molar-refractivity contribution is 14.0. The number of rotatable bonds is 4. The summed E-state index contributed by atoms with van der Waals surface area (Å²) in [4.78, 5) is 18.0. The van der Waals surface area contributed by atoms with Crippen LogP contribution in [0.25, 0.3) is 0 Å². The number of nitrogens with one attached hydrogen (secondary N) is 1. The van der Waals surface area contributed by atoms with Crippen LogP contribution in [0, 0.1) is 5.92 Å². The minimum Gasteiger partial charge on any atom is -0.393 e. The molecule has 2 heterocycles. The topological polar surface area (TPSA) is 76.9 Å². The van der Waals surface area contributed by atoms with E-state index in [0.717, 1.165) is 63.9 Å². The minimum atomic E-state index is -0.177. The maximum atomic E-state index is 9.98. The molecule has 2 fully saturated rings. The fourth-order valence-corrected chi connectivity index (χ4v) is 3.43. The first kappa shape index (κ1) is 20.2. The number of piperazine rings is 1. The van der Waals surface area contributed by atoms with Crippen molar-refractivity contribution in [2.45, 2.75) is 32.3 Å². The van der Waals surface area contributed by atoms with Crippen LogP contribution < -0.4 is 10.2 Å². The van der Waals surface area contributed by atoms with Crippen LogP contribution in [0.5, 0.6) is 0 Å². The van der Waals surface area contributed by atoms with Gasteiger partial charge in [-0.3, -0.25) is 4.99 Å². The average Bonchev–Trinajstić information content (AvgIpc) is 3.04. The van der Waals surface area contributed by atoms with Crippen LogP contribution >= 0.6 is 24.0 Å². The number of anilines is 1. The molecular formula is C17H29IN6O. The van der Waals surface area contributed by atoms with Gasteiger partial charge >= 0.3 is 0 Å². The summed E-state index contributed by atoms with van der Waals surface area (Å²) in [5.41, 5.74) is 0. The lowest BCUT2D eigenvalue weighted by molar-refractivity contribution is 0.136. The van der Waals surface area contributed by atoms with Crippen LogP contribution in [0.4, 0.5) is 5.95 Å². The normalized spacial score (nSPS) is 24.2. The Labute approximate surface area is 167 Å². The molecule has 1 aromatic heterocycles. The van der Waals surface area contributed by atoms with Crippen LogP contribution in [0.3, 0.4) is 0 Å². The van der Waals surface area contributed by atoms with Gasteiger partial charge in [0, 0.05) is 57.6 Å². The molecule has 2 N–H and O–H groups in total. The molecule has 0 radical (unpaired) electrons. The van der Waals surface area contributed by atoms with Crippen LogP contribution in [0.1, 0.15) is 26.2 Å². The molecule has 140 valence electrons. The maximum Gasteiger partial charge on any atom is 0.225 e. The van der Waals surface area contributed by atoms with Gasteiger partial charge in [0.2, 0.25) is 5.95 Å². The summed E-state index contributed by atoms with van der Waals surface area (Å²) >= 11 is 0. The van der Waals surface area contributed by atoms with Gasteiger partial charge in [0.05, 0.1) is 6.10 Å². The Kier molecular flexibility index (Phi) is 8.14. The predicted molar refractivity (Wildman–Crippen MR) is 111 cm³/mol. The van der Waals surface area contributed by atoms with Gasteiger partial charge in [0.1, 0.15) is 0 Å². The van der Waals surface area contributed by atoms with Gasteiger partial charge in [-0.25, -0.2) is 9.97 Å². The molecule has 25 heavy (non-hydrogen) atoms. The standard InChI is InChI=1S/C17H28N6O.HI/c1-2-18-16(21-13-14-5-3-6-15(14)24)22-9-11-23(12-10-22)17-19-7-4-8-20-17;/h4,7-8,14-15,24H,2-3,5-6,9-13H2,1H3,(H,18,21);1H. The molecule has 0 amide bonds. The summed E-state index contributed by atoms with van der Waals surface area (Å²) in [6, 6.07) is 1.84. The Morgan fingerprint density at radius 3 is 2.56 bits per heavy atom. The van der Waals surface area contributed by atoms with Gasteiger partial charge in [-0.15, -0.1) is 24.0 Å². The van der Waals surface area contributed by atoms with Gasteiger partial charge < -0.3 is 20.2 Å². The van der Waals surface area contributed by atoms with Crippen LogP contribution in [0.15, 0.2) is 23.5 Å². The largest absolute Gasteiger partial charge is 0.393 e. The highest BCUT2D eigenvalue weighted by Gasteiger charge is 2.26. The molecule has 2 aliphatic rings. The number of aliphatic hydroxyl groups excluding tert-OH is 1. The van der Waals surface area contributed by atoms with Crippen molar-refractivity contribution in [3.63, 3.8) is 0 Å². The summed E-state index contributed by atoms with van der Waals surface area (Å²) in [7, 11) is 0. The fraction of sp³-hybridized carbons (Fsp3) is 0.706.